The second kappa shape index (κ2) is 4.74. The first-order valence-electron chi connectivity index (χ1n) is 6.15. The molecule has 2 aromatic heterocycles. The number of fused-ring (bicyclic) bond motifs is 1. The van der Waals surface area contributed by atoms with E-state index in [9.17, 15) is 0 Å². The summed E-state index contributed by atoms with van der Waals surface area (Å²) in [5, 5.41) is 1.16. The van der Waals surface area contributed by atoms with E-state index in [1.807, 2.05) is 24.3 Å². The summed E-state index contributed by atoms with van der Waals surface area (Å²) in [7, 11) is 0. The molecular weight excluding hydrogens is 236 g/mol. The largest absolute Gasteiger partial charge is 0.326 e. The predicted molar refractivity (Wildman–Crippen MR) is 75.4 cm³/mol. The zero-order chi connectivity index (χ0) is 13.2. The van der Waals surface area contributed by atoms with Crippen molar-refractivity contribution in [3.05, 3.63) is 53.9 Å². The van der Waals surface area contributed by atoms with Crippen LogP contribution in [-0.4, -0.2) is 15.0 Å². The molecule has 2 N–H and O–H groups in total. The Hall–Kier alpha value is -2.33. The minimum Gasteiger partial charge on any atom is -0.326 e. The Labute approximate surface area is 111 Å². The van der Waals surface area contributed by atoms with Gasteiger partial charge in [0.15, 0.2) is 5.82 Å². The lowest BCUT2D eigenvalue weighted by Crippen LogP contribution is -2.00. The summed E-state index contributed by atoms with van der Waals surface area (Å²) in [6.07, 6.45) is 3.49. The van der Waals surface area contributed by atoms with E-state index in [4.69, 9.17) is 5.73 Å². The summed E-state index contributed by atoms with van der Waals surface area (Å²) in [5.74, 6) is 0.631. The van der Waals surface area contributed by atoms with Crippen molar-refractivity contribution in [1.82, 2.24) is 15.0 Å². The van der Waals surface area contributed by atoms with Gasteiger partial charge in [-0.2, -0.15) is 0 Å². The van der Waals surface area contributed by atoms with E-state index in [1.54, 1.807) is 12.4 Å². The van der Waals surface area contributed by atoms with E-state index in [0.717, 1.165) is 22.2 Å². The van der Waals surface area contributed by atoms with Crippen LogP contribution in [0.25, 0.3) is 22.4 Å². The molecular formula is C15H14N4. The van der Waals surface area contributed by atoms with Gasteiger partial charge in [-0.05, 0) is 24.6 Å². The van der Waals surface area contributed by atoms with Crippen LogP contribution >= 0.6 is 0 Å². The van der Waals surface area contributed by atoms with E-state index in [2.05, 4.69) is 27.9 Å². The predicted octanol–water partition coefficient (Wildman–Crippen LogP) is 2.46. The van der Waals surface area contributed by atoms with Crippen LogP contribution in [0.1, 0.15) is 11.1 Å². The highest BCUT2D eigenvalue weighted by atomic mass is 14.9. The van der Waals surface area contributed by atoms with Gasteiger partial charge < -0.3 is 5.73 Å². The highest BCUT2D eigenvalue weighted by molar-refractivity contribution is 5.84. The molecule has 3 rings (SSSR count). The fourth-order valence-electron chi connectivity index (χ4n) is 2.06. The molecule has 0 saturated carbocycles. The number of para-hydroxylation sites is 1. The van der Waals surface area contributed by atoms with Gasteiger partial charge in [0.25, 0.3) is 0 Å². The van der Waals surface area contributed by atoms with Crippen molar-refractivity contribution >= 4 is 10.9 Å². The standard InChI is InChI=1S/C15H14N4/c1-10-6-14(15-17-8-11(7-16)9-18-15)19-13-5-3-2-4-12(10)13/h2-6,8-9H,7,16H2,1H3. The lowest BCUT2D eigenvalue weighted by molar-refractivity contribution is 1.01. The van der Waals surface area contributed by atoms with Crippen molar-refractivity contribution in [3.8, 4) is 11.5 Å². The number of hydrogen-bond donors (Lipinski definition) is 1. The summed E-state index contributed by atoms with van der Waals surface area (Å²) in [4.78, 5) is 13.2. The Kier molecular flexibility index (Phi) is 2.93. The molecule has 0 radical (unpaired) electrons. The smallest absolute Gasteiger partial charge is 0.178 e. The minimum atomic E-state index is 0.449. The molecule has 0 saturated heterocycles. The highest BCUT2D eigenvalue weighted by Gasteiger charge is 2.06. The number of nitrogens with two attached hydrogens (primary N) is 1. The number of rotatable bonds is 2. The number of hydrogen-bond acceptors (Lipinski definition) is 4. The molecule has 3 aromatic rings. The van der Waals surface area contributed by atoms with Gasteiger partial charge in [0, 0.05) is 29.9 Å². The lowest BCUT2D eigenvalue weighted by Gasteiger charge is -2.05. The number of benzene rings is 1. The Balaban J connectivity index is 2.14. The Morgan fingerprint density at radius 2 is 1.84 bits per heavy atom. The normalized spacial score (nSPS) is 10.8. The second-order valence-corrected chi connectivity index (χ2v) is 4.46. The van der Waals surface area contributed by atoms with Crippen LogP contribution in [0, 0.1) is 6.92 Å². The number of aromatic nitrogens is 3. The van der Waals surface area contributed by atoms with Gasteiger partial charge in [-0.3, -0.25) is 0 Å². The third kappa shape index (κ3) is 2.18. The molecule has 1 aromatic carbocycles. The van der Waals surface area contributed by atoms with Crippen LogP contribution < -0.4 is 5.73 Å². The molecule has 94 valence electrons. The maximum absolute atomic E-state index is 5.54. The third-order valence-electron chi connectivity index (χ3n) is 3.09. The van der Waals surface area contributed by atoms with Crippen molar-refractivity contribution in [1.29, 1.82) is 0 Å². The van der Waals surface area contributed by atoms with Crippen LogP contribution in [0.15, 0.2) is 42.7 Å². The van der Waals surface area contributed by atoms with E-state index in [-0.39, 0.29) is 0 Å². The van der Waals surface area contributed by atoms with E-state index < -0.39 is 0 Å². The molecule has 0 fully saturated rings. The van der Waals surface area contributed by atoms with Crippen LogP contribution in [0.4, 0.5) is 0 Å². The first-order valence-corrected chi connectivity index (χ1v) is 6.15. The van der Waals surface area contributed by atoms with Gasteiger partial charge in [-0.25, -0.2) is 15.0 Å². The SMILES string of the molecule is Cc1cc(-c2ncc(CN)cn2)nc2ccccc12. The van der Waals surface area contributed by atoms with Crippen molar-refractivity contribution in [2.45, 2.75) is 13.5 Å². The highest BCUT2D eigenvalue weighted by Crippen LogP contribution is 2.21. The number of pyridine rings is 1. The molecule has 4 nitrogen and oxygen atoms in total. The first kappa shape index (κ1) is 11.7. The Bertz CT molecular complexity index is 720. The minimum absolute atomic E-state index is 0.449. The average Bonchev–Trinajstić information content (AvgIpc) is 2.47. The molecule has 4 heteroatoms. The van der Waals surface area contributed by atoms with Crippen molar-refractivity contribution in [3.63, 3.8) is 0 Å². The summed E-state index contributed by atoms with van der Waals surface area (Å²) in [5.41, 5.74) is 9.39. The van der Waals surface area contributed by atoms with Crippen molar-refractivity contribution < 1.29 is 0 Å². The molecule has 0 aliphatic rings. The van der Waals surface area contributed by atoms with Crippen LogP contribution in [-0.2, 0) is 6.54 Å². The quantitative estimate of drug-likeness (QED) is 0.758. The van der Waals surface area contributed by atoms with E-state index in [1.165, 1.54) is 5.56 Å². The fourth-order valence-corrected chi connectivity index (χ4v) is 2.06. The third-order valence-corrected chi connectivity index (χ3v) is 3.09. The molecule has 0 bridgehead atoms. The maximum atomic E-state index is 5.54. The molecule has 0 unspecified atom stereocenters. The maximum Gasteiger partial charge on any atom is 0.178 e. The Morgan fingerprint density at radius 3 is 2.58 bits per heavy atom. The molecule has 0 aliphatic carbocycles. The molecule has 0 amide bonds. The molecule has 0 aliphatic heterocycles. The number of aryl methyl sites for hydroxylation is 1. The van der Waals surface area contributed by atoms with Crippen LogP contribution in [0.2, 0.25) is 0 Å². The molecule has 0 spiro atoms. The summed E-state index contributed by atoms with van der Waals surface area (Å²) in [6.45, 7) is 2.52. The van der Waals surface area contributed by atoms with Crippen molar-refractivity contribution in [2.24, 2.45) is 5.73 Å². The van der Waals surface area contributed by atoms with Gasteiger partial charge in [-0.1, -0.05) is 18.2 Å². The Morgan fingerprint density at radius 1 is 1.11 bits per heavy atom. The van der Waals surface area contributed by atoms with E-state index in [0.29, 0.717) is 12.4 Å². The second-order valence-electron chi connectivity index (χ2n) is 4.46. The molecule has 2 heterocycles. The van der Waals surface area contributed by atoms with E-state index >= 15 is 0 Å². The zero-order valence-electron chi connectivity index (χ0n) is 10.7. The topological polar surface area (TPSA) is 64.7 Å². The van der Waals surface area contributed by atoms with Gasteiger partial charge >= 0.3 is 0 Å². The van der Waals surface area contributed by atoms with Crippen molar-refractivity contribution in [2.75, 3.05) is 0 Å². The summed E-state index contributed by atoms with van der Waals surface area (Å²) >= 11 is 0. The lowest BCUT2D eigenvalue weighted by atomic mass is 10.1. The first-order chi connectivity index (χ1) is 9.28. The van der Waals surface area contributed by atoms with Crippen LogP contribution in [0.3, 0.4) is 0 Å². The number of nitrogens with zero attached hydrogens (tertiary/aromatic N) is 3. The molecule has 0 atom stereocenters. The zero-order valence-corrected chi connectivity index (χ0v) is 10.7. The molecule has 19 heavy (non-hydrogen) atoms. The van der Waals surface area contributed by atoms with Gasteiger partial charge in [0.1, 0.15) is 5.69 Å². The summed E-state index contributed by atoms with van der Waals surface area (Å²) < 4.78 is 0. The average molecular weight is 250 g/mol. The monoisotopic (exact) mass is 250 g/mol. The summed E-state index contributed by atoms with van der Waals surface area (Å²) in [6, 6.07) is 10.1. The fraction of sp³-hybridized carbons (Fsp3) is 0.133. The van der Waals surface area contributed by atoms with Gasteiger partial charge in [-0.15, -0.1) is 0 Å². The van der Waals surface area contributed by atoms with Gasteiger partial charge in [0.2, 0.25) is 0 Å². The van der Waals surface area contributed by atoms with Gasteiger partial charge in [0.05, 0.1) is 5.52 Å². The van der Waals surface area contributed by atoms with Crippen LogP contribution in [0.5, 0.6) is 0 Å².